The first kappa shape index (κ1) is 10.5. The summed E-state index contributed by atoms with van der Waals surface area (Å²) in [6.07, 6.45) is 2.68. The van der Waals surface area contributed by atoms with Gasteiger partial charge in [0.1, 0.15) is 0 Å². The van der Waals surface area contributed by atoms with Gasteiger partial charge in [-0.05, 0) is 31.2 Å². The van der Waals surface area contributed by atoms with Gasteiger partial charge in [-0.25, -0.2) is 0 Å². The molecule has 3 N–H and O–H groups in total. The molecule has 0 aromatic rings. The predicted molar refractivity (Wildman–Crippen MR) is 53.2 cm³/mol. The van der Waals surface area contributed by atoms with E-state index in [0.717, 1.165) is 12.8 Å². The third kappa shape index (κ3) is 3.77. The molecule has 1 amide bonds. The summed E-state index contributed by atoms with van der Waals surface area (Å²) < 4.78 is 0. The minimum Gasteiger partial charge on any atom is -0.353 e. The summed E-state index contributed by atoms with van der Waals surface area (Å²) >= 11 is 0. The van der Waals surface area contributed by atoms with Crippen LogP contribution < -0.4 is 11.1 Å². The second-order valence-electron chi connectivity index (χ2n) is 4.27. The molecule has 1 rings (SSSR count). The van der Waals surface area contributed by atoms with Crippen molar-refractivity contribution in [3.63, 3.8) is 0 Å². The molecular formula is C10H20N2O. The van der Waals surface area contributed by atoms with Crippen LogP contribution in [0, 0.1) is 11.8 Å². The first-order chi connectivity index (χ1) is 6.13. The van der Waals surface area contributed by atoms with Gasteiger partial charge in [-0.1, -0.05) is 13.8 Å². The molecule has 1 aliphatic rings. The molecule has 0 saturated heterocycles. The molecule has 0 radical (unpaired) electrons. The highest BCUT2D eigenvalue weighted by atomic mass is 16.1. The summed E-state index contributed by atoms with van der Waals surface area (Å²) in [6, 6.07) is 0.459. The van der Waals surface area contributed by atoms with Crippen molar-refractivity contribution in [1.29, 1.82) is 0 Å². The van der Waals surface area contributed by atoms with E-state index in [1.807, 2.05) is 0 Å². The Balaban J connectivity index is 2.04. The maximum atomic E-state index is 11.3. The van der Waals surface area contributed by atoms with Crippen LogP contribution in [0.15, 0.2) is 0 Å². The lowest BCUT2D eigenvalue weighted by Crippen LogP contribution is -2.27. The highest BCUT2D eigenvalue weighted by Gasteiger charge is 2.33. The van der Waals surface area contributed by atoms with Crippen LogP contribution in [0.2, 0.25) is 0 Å². The van der Waals surface area contributed by atoms with E-state index in [9.17, 15) is 4.79 Å². The van der Waals surface area contributed by atoms with E-state index < -0.39 is 0 Å². The zero-order chi connectivity index (χ0) is 9.84. The summed E-state index contributed by atoms with van der Waals surface area (Å²) in [5, 5.41) is 3.00. The average molecular weight is 184 g/mol. The zero-order valence-corrected chi connectivity index (χ0v) is 8.55. The largest absolute Gasteiger partial charge is 0.353 e. The van der Waals surface area contributed by atoms with Crippen molar-refractivity contribution >= 4 is 5.91 Å². The minimum atomic E-state index is 0.189. The van der Waals surface area contributed by atoms with E-state index in [1.54, 1.807) is 0 Å². The molecule has 0 aromatic heterocycles. The van der Waals surface area contributed by atoms with Gasteiger partial charge >= 0.3 is 0 Å². The van der Waals surface area contributed by atoms with Crippen molar-refractivity contribution in [3.05, 3.63) is 0 Å². The topological polar surface area (TPSA) is 55.1 Å². The zero-order valence-electron chi connectivity index (χ0n) is 8.55. The van der Waals surface area contributed by atoms with Crippen molar-refractivity contribution in [2.75, 3.05) is 6.54 Å². The molecule has 1 aliphatic carbocycles. The Kier molecular flexibility index (Phi) is 3.72. The Bertz CT molecular complexity index is 182. The molecule has 3 heteroatoms. The lowest BCUT2D eigenvalue weighted by molar-refractivity contribution is -0.121. The van der Waals surface area contributed by atoms with Crippen LogP contribution >= 0.6 is 0 Å². The normalized spacial score (nSPS) is 28.2. The van der Waals surface area contributed by atoms with E-state index in [1.165, 1.54) is 0 Å². The van der Waals surface area contributed by atoms with Gasteiger partial charge in [0.2, 0.25) is 5.91 Å². The predicted octanol–water partition coefficient (Wildman–Crippen LogP) is 0.886. The molecule has 13 heavy (non-hydrogen) atoms. The Labute approximate surface area is 80.1 Å². The number of nitrogens with two attached hydrogens (primary N) is 1. The van der Waals surface area contributed by atoms with Crippen molar-refractivity contribution in [2.24, 2.45) is 17.6 Å². The Morgan fingerprint density at radius 1 is 1.69 bits per heavy atom. The Morgan fingerprint density at radius 3 is 2.77 bits per heavy atom. The minimum absolute atomic E-state index is 0.189. The van der Waals surface area contributed by atoms with Crippen molar-refractivity contribution < 1.29 is 4.79 Å². The number of nitrogens with one attached hydrogen (secondary N) is 1. The first-order valence-corrected chi connectivity index (χ1v) is 5.13. The van der Waals surface area contributed by atoms with E-state index >= 15 is 0 Å². The van der Waals surface area contributed by atoms with Crippen LogP contribution in [0.5, 0.6) is 0 Å². The molecule has 0 bridgehead atoms. The number of hydrogen-bond donors (Lipinski definition) is 2. The van der Waals surface area contributed by atoms with E-state index in [-0.39, 0.29) is 5.91 Å². The summed E-state index contributed by atoms with van der Waals surface area (Å²) in [5.41, 5.74) is 5.46. The van der Waals surface area contributed by atoms with Gasteiger partial charge in [0.15, 0.2) is 0 Å². The first-order valence-electron chi connectivity index (χ1n) is 5.13. The third-order valence-corrected chi connectivity index (χ3v) is 2.72. The SMILES string of the molecule is CC(CN)CCC(=O)NC1CC1C. The molecule has 3 atom stereocenters. The fourth-order valence-electron chi connectivity index (χ4n) is 1.30. The maximum absolute atomic E-state index is 11.3. The number of carbonyl (C=O) groups is 1. The molecule has 0 aliphatic heterocycles. The van der Waals surface area contributed by atoms with Gasteiger partial charge < -0.3 is 11.1 Å². The van der Waals surface area contributed by atoms with Gasteiger partial charge in [0.05, 0.1) is 0 Å². The molecule has 0 aromatic carbocycles. The second kappa shape index (κ2) is 4.61. The third-order valence-electron chi connectivity index (χ3n) is 2.72. The van der Waals surface area contributed by atoms with Crippen LogP contribution in [0.25, 0.3) is 0 Å². The van der Waals surface area contributed by atoms with Crippen LogP contribution in [-0.4, -0.2) is 18.5 Å². The molecule has 3 nitrogen and oxygen atoms in total. The van der Waals surface area contributed by atoms with Crippen LogP contribution in [-0.2, 0) is 4.79 Å². The van der Waals surface area contributed by atoms with E-state index in [2.05, 4.69) is 19.2 Å². The number of amides is 1. The van der Waals surface area contributed by atoms with E-state index in [0.29, 0.717) is 30.8 Å². The summed E-state index contributed by atoms with van der Waals surface area (Å²) in [4.78, 5) is 11.3. The highest BCUT2D eigenvalue weighted by molar-refractivity contribution is 5.76. The maximum Gasteiger partial charge on any atom is 0.220 e. The molecule has 0 heterocycles. The quantitative estimate of drug-likeness (QED) is 0.666. The van der Waals surface area contributed by atoms with Gasteiger partial charge in [-0.15, -0.1) is 0 Å². The number of rotatable bonds is 5. The molecule has 76 valence electrons. The smallest absolute Gasteiger partial charge is 0.220 e. The summed E-state index contributed by atoms with van der Waals surface area (Å²) in [6.45, 7) is 4.91. The van der Waals surface area contributed by atoms with Crippen molar-refractivity contribution in [1.82, 2.24) is 5.32 Å². The van der Waals surface area contributed by atoms with E-state index in [4.69, 9.17) is 5.73 Å². The monoisotopic (exact) mass is 184 g/mol. The molecular weight excluding hydrogens is 164 g/mol. The molecule has 3 unspecified atom stereocenters. The number of hydrogen-bond acceptors (Lipinski definition) is 2. The van der Waals surface area contributed by atoms with Gasteiger partial charge in [-0.2, -0.15) is 0 Å². The van der Waals surface area contributed by atoms with Gasteiger partial charge in [0, 0.05) is 12.5 Å². The fourth-order valence-corrected chi connectivity index (χ4v) is 1.30. The highest BCUT2D eigenvalue weighted by Crippen LogP contribution is 2.28. The molecule has 0 spiro atoms. The standard InChI is InChI=1S/C10H20N2O/c1-7(6-11)3-4-10(13)12-9-5-8(9)2/h7-9H,3-6,11H2,1-2H3,(H,12,13). The van der Waals surface area contributed by atoms with Crippen LogP contribution in [0.4, 0.5) is 0 Å². The summed E-state index contributed by atoms with van der Waals surface area (Å²) in [5.74, 6) is 1.34. The second-order valence-corrected chi connectivity index (χ2v) is 4.27. The van der Waals surface area contributed by atoms with Crippen LogP contribution in [0.3, 0.4) is 0 Å². The molecule has 1 fully saturated rings. The lowest BCUT2D eigenvalue weighted by atomic mass is 10.1. The van der Waals surface area contributed by atoms with Gasteiger partial charge in [-0.3, -0.25) is 4.79 Å². The van der Waals surface area contributed by atoms with Crippen LogP contribution in [0.1, 0.15) is 33.1 Å². The Hall–Kier alpha value is -0.570. The average Bonchev–Trinajstić information content (AvgIpc) is 2.77. The Morgan fingerprint density at radius 2 is 2.31 bits per heavy atom. The molecule has 1 saturated carbocycles. The van der Waals surface area contributed by atoms with Gasteiger partial charge in [0.25, 0.3) is 0 Å². The summed E-state index contributed by atoms with van der Waals surface area (Å²) in [7, 11) is 0. The number of carbonyl (C=O) groups excluding carboxylic acids is 1. The van der Waals surface area contributed by atoms with Crippen molar-refractivity contribution in [3.8, 4) is 0 Å². The van der Waals surface area contributed by atoms with Crippen molar-refractivity contribution in [2.45, 2.75) is 39.2 Å². The fraction of sp³-hybridized carbons (Fsp3) is 0.900. The lowest BCUT2D eigenvalue weighted by Gasteiger charge is -2.07.